The first-order valence-electron chi connectivity index (χ1n) is 7.03. The van der Waals surface area contributed by atoms with E-state index in [4.69, 9.17) is 4.74 Å². The third kappa shape index (κ3) is 4.06. The molecule has 0 aliphatic carbocycles. The number of amides is 1. The van der Waals surface area contributed by atoms with Crippen molar-refractivity contribution in [1.82, 2.24) is 0 Å². The van der Waals surface area contributed by atoms with Crippen LogP contribution in [-0.2, 0) is 14.3 Å². The Morgan fingerprint density at radius 3 is 2.75 bits per heavy atom. The van der Waals surface area contributed by atoms with Crippen molar-refractivity contribution in [2.45, 2.75) is 16.6 Å². The second-order valence-corrected chi connectivity index (χ2v) is 8.69. The highest BCUT2D eigenvalue weighted by Crippen LogP contribution is 2.36. The molecule has 0 unspecified atom stereocenters. The summed E-state index contributed by atoms with van der Waals surface area (Å²) in [4.78, 5) is 37.3. The molecule has 8 heteroatoms. The van der Waals surface area contributed by atoms with Crippen molar-refractivity contribution in [1.29, 1.82) is 0 Å². The van der Waals surface area contributed by atoms with E-state index in [1.165, 1.54) is 23.1 Å². The molecule has 0 fully saturated rings. The predicted octanol–water partition coefficient (Wildman–Crippen LogP) is 3.74. The molecule has 1 aliphatic rings. The Hall–Kier alpha value is -1.64. The highest BCUT2D eigenvalue weighted by molar-refractivity contribution is 9.11. The van der Waals surface area contributed by atoms with Gasteiger partial charge in [-0.05, 0) is 40.2 Å². The van der Waals surface area contributed by atoms with Gasteiger partial charge in [0.25, 0.3) is 0 Å². The number of carbonyl (C=O) groups excluding carboxylic acids is 3. The molecule has 1 atom stereocenters. The summed E-state index contributed by atoms with van der Waals surface area (Å²) < 4.78 is 5.86. The van der Waals surface area contributed by atoms with Gasteiger partial charge in [-0.15, -0.1) is 23.1 Å². The van der Waals surface area contributed by atoms with Crippen LogP contribution < -0.4 is 5.32 Å². The van der Waals surface area contributed by atoms with Gasteiger partial charge < -0.3 is 10.1 Å². The monoisotopic (exact) mass is 425 g/mol. The van der Waals surface area contributed by atoms with Crippen molar-refractivity contribution in [3.05, 3.63) is 45.1 Å². The number of benzene rings is 1. The van der Waals surface area contributed by atoms with Crippen LogP contribution in [0.3, 0.4) is 0 Å². The van der Waals surface area contributed by atoms with Gasteiger partial charge in [0.15, 0.2) is 6.61 Å². The number of anilines is 1. The summed E-state index contributed by atoms with van der Waals surface area (Å²) in [5.74, 6) is -1.06. The molecule has 0 bridgehead atoms. The normalized spacial score (nSPS) is 16.2. The number of fused-ring (bicyclic) bond motifs is 1. The Kier molecular flexibility index (Phi) is 5.37. The number of carbonyl (C=O) groups is 3. The van der Waals surface area contributed by atoms with E-state index < -0.39 is 11.2 Å². The Morgan fingerprint density at radius 2 is 2.00 bits per heavy atom. The van der Waals surface area contributed by atoms with Crippen LogP contribution >= 0.6 is 39.0 Å². The number of esters is 1. The lowest BCUT2D eigenvalue weighted by atomic mass is 10.2. The summed E-state index contributed by atoms with van der Waals surface area (Å²) in [7, 11) is 0. The van der Waals surface area contributed by atoms with Gasteiger partial charge in [0.05, 0.1) is 26.0 Å². The lowest BCUT2D eigenvalue weighted by molar-refractivity contribution is -0.143. The van der Waals surface area contributed by atoms with Crippen molar-refractivity contribution in [3.8, 4) is 0 Å². The molecular weight excluding hydrogens is 414 g/mol. The van der Waals surface area contributed by atoms with E-state index in [-0.39, 0.29) is 24.7 Å². The fraction of sp³-hybridized carbons (Fsp3) is 0.188. The third-order valence-corrected chi connectivity index (χ3v) is 6.21. The SMILES string of the molecule is O=C(C[C@H]1Sc2ccccc2NC1=O)OCC(=O)c1ccc(Br)s1. The van der Waals surface area contributed by atoms with Crippen LogP contribution in [0.15, 0.2) is 45.1 Å². The standard InChI is InChI=1S/C16H12BrNO4S2/c17-14-6-5-12(24-14)10(19)8-22-15(20)7-13-16(21)18-9-3-1-2-4-11(9)23-13/h1-6,13H,7-8H2,(H,18,21)/t13-/m1/s1. The number of hydrogen-bond acceptors (Lipinski definition) is 6. The number of ketones is 1. The van der Waals surface area contributed by atoms with E-state index >= 15 is 0 Å². The van der Waals surface area contributed by atoms with Gasteiger partial charge in [-0.25, -0.2) is 0 Å². The molecule has 0 spiro atoms. The number of hydrogen-bond donors (Lipinski definition) is 1. The van der Waals surface area contributed by atoms with E-state index in [0.717, 1.165) is 14.4 Å². The van der Waals surface area contributed by atoms with Crippen LogP contribution in [0.4, 0.5) is 5.69 Å². The number of thioether (sulfide) groups is 1. The third-order valence-electron chi connectivity index (χ3n) is 3.27. The van der Waals surface area contributed by atoms with E-state index in [0.29, 0.717) is 4.88 Å². The summed E-state index contributed by atoms with van der Waals surface area (Å²) in [6.07, 6.45) is -0.0771. The van der Waals surface area contributed by atoms with E-state index in [1.807, 2.05) is 24.3 Å². The van der Waals surface area contributed by atoms with Gasteiger partial charge in [0.1, 0.15) is 0 Å². The second kappa shape index (κ2) is 7.50. The van der Waals surface area contributed by atoms with Crippen molar-refractivity contribution in [2.24, 2.45) is 0 Å². The van der Waals surface area contributed by atoms with Gasteiger partial charge in [-0.3, -0.25) is 14.4 Å². The molecule has 2 aromatic rings. The van der Waals surface area contributed by atoms with Gasteiger partial charge >= 0.3 is 5.97 Å². The molecule has 0 saturated carbocycles. The maximum absolute atomic E-state index is 12.0. The van der Waals surface area contributed by atoms with E-state index in [1.54, 1.807) is 12.1 Å². The molecule has 3 rings (SSSR count). The van der Waals surface area contributed by atoms with Crippen molar-refractivity contribution in [2.75, 3.05) is 11.9 Å². The Labute approximate surface area is 154 Å². The Morgan fingerprint density at radius 1 is 1.21 bits per heavy atom. The predicted molar refractivity (Wildman–Crippen MR) is 96.6 cm³/mol. The van der Waals surface area contributed by atoms with Gasteiger partial charge in [0, 0.05) is 4.90 Å². The number of nitrogens with one attached hydrogen (secondary N) is 1. The number of Topliss-reactive ketones (excluding diaryl/α,β-unsaturated/α-hetero) is 1. The maximum Gasteiger partial charge on any atom is 0.307 e. The first kappa shape index (κ1) is 17.2. The average molecular weight is 426 g/mol. The summed E-state index contributed by atoms with van der Waals surface area (Å²) in [6.45, 7) is -0.318. The fourth-order valence-corrected chi connectivity index (χ4v) is 4.52. The summed E-state index contributed by atoms with van der Waals surface area (Å²) in [5.41, 5.74) is 0.746. The van der Waals surface area contributed by atoms with E-state index in [2.05, 4.69) is 21.2 Å². The number of ether oxygens (including phenoxy) is 1. The molecule has 1 aromatic heterocycles. The number of para-hydroxylation sites is 1. The average Bonchev–Trinajstić information content (AvgIpc) is 3.00. The second-order valence-electron chi connectivity index (χ2n) is 4.98. The zero-order chi connectivity index (χ0) is 17.1. The lowest BCUT2D eigenvalue weighted by Crippen LogP contribution is -2.31. The lowest BCUT2D eigenvalue weighted by Gasteiger charge is -2.23. The topological polar surface area (TPSA) is 72.5 Å². The zero-order valence-electron chi connectivity index (χ0n) is 12.3. The van der Waals surface area contributed by atoms with Crippen molar-refractivity contribution < 1.29 is 19.1 Å². The summed E-state index contributed by atoms with van der Waals surface area (Å²) in [5, 5.41) is 2.21. The molecule has 1 aromatic carbocycles. The molecular formula is C16H12BrNO4S2. The molecule has 1 amide bonds. The highest BCUT2D eigenvalue weighted by atomic mass is 79.9. The Balaban J connectivity index is 1.54. The minimum atomic E-state index is -0.564. The van der Waals surface area contributed by atoms with Crippen LogP contribution in [-0.4, -0.2) is 29.5 Å². The number of halogens is 1. The summed E-state index contributed by atoms with van der Waals surface area (Å²) >= 11 is 5.89. The highest BCUT2D eigenvalue weighted by Gasteiger charge is 2.29. The number of thiophene rings is 1. The minimum Gasteiger partial charge on any atom is -0.457 e. The Bertz CT molecular complexity index is 805. The molecule has 0 saturated heterocycles. The first-order valence-corrected chi connectivity index (χ1v) is 9.52. The van der Waals surface area contributed by atoms with Crippen molar-refractivity contribution >= 4 is 62.4 Å². The first-order chi connectivity index (χ1) is 11.5. The number of rotatable bonds is 5. The molecule has 5 nitrogen and oxygen atoms in total. The van der Waals surface area contributed by atoms with Crippen LogP contribution in [0.25, 0.3) is 0 Å². The largest absolute Gasteiger partial charge is 0.457 e. The minimum absolute atomic E-state index is 0.0771. The molecule has 24 heavy (non-hydrogen) atoms. The molecule has 1 N–H and O–H groups in total. The van der Waals surface area contributed by atoms with Crippen molar-refractivity contribution in [3.63, 3.8) is 0 Å². The zero-order valence-corrected chi connectivity index (χ0v) is 15.5. The van der Waals surface area contributed by atoms with Crippen LogP contribution in [0, 0.1) is 0 Å². The van der Waals surface area contributed by atoms with Gasteiger partial charge in [0.2, 0.25) is 11.7 Å². The van der Waals surface area contributed by atoms with Crippen LogP contribution in [0.5, 0.6) is 0 Å². The van der Waals surface area contributed by atoms with Crippen LogP contribution in [0.1, 0.15) is 16.1 Å². The smallest absolute Gasteiger partial charge is 0.307 e. The van der Waals surface area contributed by atoms with Gasteiger partial charge in [-0.2, -0.15) is 0 Å². The maximum atomic E-state index is 12.0. The molecule has 124 valence electrons. The van der Waals surface area contributed by atoms with Gasteiger partial charge in [-0.1, -0.05) is 12.1 Å². The van der Waals surface area contributed by atoms with Crippen LogP contribution in [0.2, 0.25) is 0 Å². The summed E-state index contributed by atoms with van der Waals surface area (Å²) in [6, 6.07) is 10.8. The molecule has 0 radical (unpaired) electrons. The fourth-order valence-electron chi connectivity index (χ4n) is 2.12. The molecule has 2 heterocycles. The molecule has 1 aliphatic heterocycles. The van der Waals surface area contributed by atoms with E-state index in [9.17, 15) is 14.4 Å². The quantitative estimate of drug-likeness (QED) is 0.583.